The second-order valence-electron chi connectivity index (χ2n) is 5.66. The molecule has 0 bridgehead atoms. The van der Waals surface area contributed by atoms with Gasteiger partial charge in [0.05, 0.1) is 16.0 Å². The second kappa shape index (κ2) is 4.33. The fourth-order valence-electron chi connectivity index (χ4n) is 3.23. The third kappa shape index (κ3) is 1.53. The quantitative estimate of drug-likeness (QED) is 0.482. The largest absolute Gasteiger partial charge is 0.288 e. The van der Waals surface area contributed by atoms with Gasteiger partial charge in [0.2, 0.25) is 5.78 Å². The number of fused-ring (bicyclic) bond motifs is 4. The molecular weight excluding hydrogens is 314 g/mol. The molecule has 0 aromatic carbocycles. The van der Waals surface area contributed by atoms with Gasteiger partial charge in [-0.25, -0.2) is 0 Å². The fourth-order valence-corrected chi connectivity index (χ4v) is 5.70. The van der Waals surface area contributed by atoms with Crippen LogP contribution in [0.25, 0.3) is 10.1 Å². The normalized spacial score (nSPS) is 13.6. The van der Waals surface area contributed by atoms with Crippen LogP contribution < -0.4 is 0 Å². The summed E-state index contributed by atoms with van der Waals surface area (Å²) >= 11 is 3.14. The monoisotopic (exact) mass is 327 g/mol. The van der Waals surface area contributed by atoms with Gasteiger partial charge in [0.1, 0.15) is 0 Å². The summed E-state index contributed by atoms with van der Waals surface area (Å²) in [5.74, 6) is -0.0805. The second-order valence-corrected chi connectivity index (χ2v) is 8.11. The van der Waals surface area contributed by atoms with Crippen molar-refractivity contribution in [2.45, 2.75) is 27.7 Å². The lowest BCUT2D eigenvalue weighted by Crippen LogP contribution is -2.22. The SMILES string of the molecule is Cc1cnc(C)c2c1C(=O)c1sc3c(C)sc(C)c3c1C2=O. The maximum atomic E-state index is 13.1. The van der Waals surface area contributed by atoms with Crippen LogP contribution in [0.5, 0.6) is 0 Å². The van der Waals surface area contributed by atoms with Crippen molar-refractivity contribution >= 4 is 44.3 Å². The van der Waals surface area contributed by atoms with Crippen molar-refractivity contribution in [3.8, 4) is 0 Å². The first-order chi connectivity index (χ1) is 10.4. The van der Waals surface area contributed by atoms with Gasteiger partial charge in [-0.3, -0.25) is 14.6 Å². The number of hydrogen-bond donors (Lipinski definition) is 0. The van der Waals surface area contributed by atoms with Gasteiger partial charge in [-0.05, 0) is 33.3 Å². The predicted octanol–water partition coefficient (Wildman–Crippen LogP) is 4.37. The molecule has 4 rings (SSSR count). The molecule has 0 radical (unpaired) electrons. The molecule has 0 saturated carbocycles. The van der Waals surface area contributed by atoms with Crippen LogP contribution in [0.1, 0.15) is 52.2 Å². The fraction of sp³-hybridized carbons (Fsp3) is 0.235. The Labute approximate surface area is 135 Å². The summed E-state index contributed by atoms with van der Waals surface area (Å²) in [7, 11) is 0. The lowest BCUT2D eigenvalue weighted by molar-refractivity contribution is 0.0982. The van der Waals surface area contributed by atoms with Crippen LogP contribution in [-0.2, 0) is 0 Å². The topological polar surface area (TPSA) is 47.0 Å². The third-order valence-electron chi connectivity index (χ3n) is 4.23. The number of aromatic nitrogens is 1. The highest BCUT2D eigenvalue weighted by Crippen LogP contribution is 2.45. The molecule has 1 aliphatic rings. The lowest BCUT2D eigenvalue weighted by Gasteiger charge is -2.18. The summed E-state index contributed by atoms with van der Waals surface area (Å²) in [6.07, 6.45) is 1.68. The van der Waals surface area contributed by atoms with Crippen LogP contribution in [0.15, 0.2) is 6.20 Å². The minimum atomic E-state index is -0.0505. The number of pyridine rings is 1. The van der Waals surface area contributed by atoms with Gasteiger partial charge in [0.15, 0.2) is 5.78 Å². The van der Waals surface area contributed by atoms with E-state index in [2.05, 4.69) is 4.98 Å². The van der Waals surface area contributed by atoms with E-state index in [1.807, 2.05) is 20.8 Å². The number of thiophene rings is 2. The summed E-state index contributed by atoms with van der Waals surface area (Å²) in [4.78, 5) is 33.2. The number of carbonyl (C=O) groups excluding carboxylic acids is 2. The minimum Gasteiger partial charge on any atom is -0.288 e. The van der Waals surface area contributed by atoms with E-state index in [-0.39, 0.29) is 11.6 Å². The van der Waals surface area contributed by atoms with Crippen LogP contribution in [0.4, 0.5) is 0 Å². The van der Waals surface area contributed by atoms with Gasteiger partial charge in [-0.15, -0.1) is 22.7 Å². The number of aryl methyl sites for hydroxylation is 4. The Kier molecular flexibility index (Phi) is 2.72. The zero-order valence-corrected chi connectivity index (χ0v) is 14.3. The van der Waals surface area contributed by atoms with E-state index in [1.54, 1.807) is 24.5 Å². The van der Waals surface area contributed by atoms with E-state index in [1.165, 1.54) is 16.2 Å². The molecule has 0 saturated heterocycles. The molecule has 0 aliphatic heterocycles. The molecule has 0 unspecified atom stereocenters. The van der Waals surface area contributed by atoms with Gasteiger partial charge in [0, 0.05) is 37.3 Å². The molecule has 3 nitrogen and oxygen atoms in total. The molecule has 3 aromatic heterocycles. The number of carbonyl (C=O) groups is 2. The van der Waals surface area contributed by atoms with Gasteiger partial charge in [-0.2, -0.15) is 0 Å². The molecular formula is C17H13NO2S2. The number of ketones is 2. The van der Waals surface area contributed by atoms with Crippen LogP contribution in [-0.4, -0.2) is 16.6 Å². The number of hydrogen-bond acceptors (Lipinski definition) is 5. The molecule has 3 aromatic rings. The average Bonchev–Trinajstić information content (AvgIpc) is 2.99. The average molecular weight is 327 g/mol. The highest BCUT2D eigenvalue weighted by molar-refractivity contribution is 7.26. The van der Waals surface area contributed by atoms with E-state index < -0.39 is 0 Å². The van der Waals surface area contributed by atoms with E-state index in [4.69, 9.17) is 0 Å². The van der Waals surface area contributed by atoms with Crippen molar-refractivity contribution in [2.24, 2.45) is 0 Å². The zero-order valence-electron chi connectivity index (χ0n) is 12.7. The van der Waals surface area contributed by atoms with E-state index in [9.17, 15) is 9.59 Å². The van der Waals surface area contributed by atoms with Crippen molar-refractivity contribution in [3.05, 3.63) is 48.8 Å². The first-order valence-electron chi connectivity index (χ1n) is 7.00. The Balaban J connectivity index is 2.17. The zero-order chi connectivity index (χ0) is 15.8. The smallest absolute Gasteiger partial charge is 0.204 e. The summed E-state index contributed by atoms with van der Waals surface area (Å²) in [5.41, 5.74) is 3.02. The Morgan fingerprint density at radius 3 is 2.32 bits per heavy atom. The Hall–Kier alpha value is -1.85. The summed E-state index contributed by atoms with van der Waals surface area (Å²) in [5, 5.41) is 0.965. The van der Waals surface area contributed by atoms with Gasteiger partial charge in [-0.1, -0.05) is 0 Å². The van der Waals surface area contributed by atoms with Crippen LogP contribution in [0.3, 0.4) is 0 Å². The maximum absolute atomic E-state index is 13.1. The van der Waals surface area contributed by atoms with Crippen molar-refractivity contribution in [1.82, 2.24) is 4.98 Å². The van der Waals surface area contributed by atoms with Crippen LogP contribution in [0.2, 0.25) is 0 Å². The molecule has 0 spiro atoms. The number of rotatable bonds is 0. The van der Waals surface area contributed by atoms with Gasteiger partial charge in [0.25, 0.3) is 0 Å². The first-order valence-corrected chi connectivity index (χ1v) is 8.63. The molecule has 0 N–H and O–H groups in total. The molecule has 0 amide bonds. The molecule has 110 valence electrons. The molecule has 3 heterocycles. The maximum Gasteiger partial charge on any atom is 0.204 e. The highest BCUT2D eigenvalue weighted by atomic mass is 32.1. The summed E-state index contributed by atoms with van der Waals surface area (Å²) in [6, 6.07) is 0. The van der Waals surface area contributed by atoms with Crippen LogP contribution >= 0.6 is 22.7 Å². The molecule has 0 fully saturated rings. The van der Waals surface area contributed by atoms with Crippen molar-refractivity contribution < 1.29 is 9.59 Å². The highest BCUT2D eigenvalue weighted by Gasteiger charge is 2.37. The first kappa shape index (κ1) is 13.8. The molecule has 5 heteroatoms. The van der Waals surface area contributed by atoms with E-state index >= 15 is 0 Å². The Bertz CT molecular complexity index is 1010. The Morgan fingerprint density at radius 1 is 0.864 bits per heavy atom. The third-order valence-corrected chi connectivity index (χ3v) is 6.69. The number of nitrogens with zero attached hydrogens (tertiary/aromatic N) is 1. The minimum absolute atomic E-state index is 0.0300. The van der Waals surface area contributed by atoms with Crippen molar-refractivity contribution in [2.75, 3.05) is 0 Å². The van der Waals surface area contributed by atoms with Gasteiger partial charge < -0.3 is 0 Å². The standard InChI is InChI=1S/C17H13NO2S2/c1-6-5-18-7(2)11-10(6)15(20)17-13(14(11)19)12-8(3)21-9(4)16(12)22-17/h5H,1-4H3. The summed E-state index contributed by atoms with van der Waals surface area (Å²) < 4.78 is 1.07. The van der Waals surface area contributed by atoms with Crippen LogP contribution in [0, 0.1) is 27.7 Å². The van der Waals surface area contributed by atoms with E-state index in [0.717, 1.165) is 20.5 Å². The Morgan fingerprint density at radius 2 is 1.59 bits per heavy atom. The van der Waals surface area contributed by atoms with E-state index in [0.29, 0.717) is 27.3 Å². The molecule has 1 aliphatic carbocycles. The molecule has 0 atom stereocenters. The summed E-state index contributed by atoms with van der Waals surface area (Å²) in [6.45, 7) is 7.70. The van der Waals surface area contributed by atoms with Gasteiger partial charge >= 0.3 is 0 Å². The predicted molar refractivity (Wildman–Crippen MR) is 89.8 cm³/mol. The molecule has 22 heavy (non-hydrogen) atoms. The lowest BCUT2D eigenvalue weighted by atomic mass is 9.85. The van der Waals surface area contributed by atoms with Crippen molar-refractivity contribution in [3.63, 3.8) is 0 Å². The van der Waals surface area contributed by atoms with Crippen molar-refractivity contribution in [1.29, 1.82) is 0 Å².